The highest BCUT2D eigenvalue weighted by Crippen LogP contribution is 2.15. The van der Waals surface area contributed by atoms with Gasteiger partial charge in [0, 0.05) is 11.7 Å². The van der Waals surface area contributed by atoms with Gasteiger partial charge in [0.1, 0.15) is 0 Å². The SMILES string of the molecule is CCC(C)(C)NC(=O)c1ccnc(NN)c1F. The molecule has 1 amide bonds. The Bertz CT molecular complexity index is 420. The molecule has 0 saturated carbocycles. The van der Waals surface area contributed by atoms with Crippen molar-refractivity contribution in [2.45, 2.75) is 32.7 Å². The van der Waals surface area contributed by atoms with Crippen molar-refractivity contribution in [3.63, 3.8) is 0 Å². The molecule has 0 aliphatic carbocycles. The Hall–Kier alpha value is -1.69. The number of amides is 1. The molecule has 6 heteroatoms. The number of anilines is 1. The number of aromatic nitrogens is 1. The topological polar surface area (TPSA) is 80.0 Å². The maximum atomic E-state index is 13.7. The summed E-state index contributed by atoms with van der Waals surface area (Å²) in [6.07, 6.45) is 2.07. The van der Waals surface area contributed by atoms with E-state index >= 15 is 0 Å². The quantitative estimate of drug-likeness (QED) is 0.549. The third-order valence-corrected chi connectivity index (χ3v) is 2.61. The van der Waals surface area contributed by atoms with Crippen molar-refractivity contribution in [3.8, 4) is 0 Å². The zero-order valence-corrected chi connectivity index (χ0v) is 10.2. The van der Waals surface area contributed by atoms with Crippen molar-refractivity contribution in [3.05, 3.63) is 23.6 Å². The first-order valence-corrected chi connectivity index (χ1v) is 5.35. The number of pyridine rings is 1. The van der Waals surface area contributed by atoms with E-state index in [-0.39, 0.29) is 16.9 Å². The Morgan fingerprint density at radius 2 is 2.24 bits per heavy atom. The Balaban J connectivity index is 2.97. The Labute approximate surface area is 99.6 Å². The second kappa shape index (κ2) is 5.09. The molecule has 1 rings (SSSR count). The smallest absolute Gasteiger partial charge is 0.254 e. The number of hydrogen-bond acceptors (Lipinski definition) is 4. The van der Waals surface area contributed by atoms with E-state index in [0.717, 1.165) is 6.42 Å². The van der Waals surface area contributed by atoms with Crippen LogP contribution in [0.5, 0.6) is 0 Å². The van der Waals surface area contributed by atoms with Gasteiger partial charge in [0.2, 0.25) is 0 Å². The van der Waals surface area contributed by atoms with Crippen molar-refractivity contribution >= 4 is 11.7 Å². The summed E-state index contributed by atoms with van der Waals surface area (Å²) in [6, 6.07) is 1.32. The summed E-state index contributed by atoms with van der Waals surface area (Å²) in [5.74, 6) is 3.71. The van der Waals surface area contributed by atoms with Crippen LogP contribution in [0.15, 0.2) is 12.3 Å². The van der Waals surface area contributed by atoms with Crippen LogP contribution in [0.25, 0.3) is 0 Å². The van der Waals surface area contributed by atoms with Gasteiger partial charge < -0.3 is 10.7 Å². The molecule has 0 bridgehead atoms. The molecule has 0 fully saturated rings. The predicted molar refractivity (Wildman–Crippen MR) is 63.8 cm³/mol. The summed E-state index contributed by atoms with van der Waals surface area (Å²) in [6.45, 7) is 5.67. The molecule has 0 aliphatic rings. The van der Waals surface area contributed by atoms with E-state index < -0.39 is 11.7 Å². The van der Waals surface area contributed by atoms with Crippen LogP contribution in [0, 0.1) is 5.82 Å². The molecule has 0 spiro atoms. The third-order valence-electron chi connectivity index (χ3n) is 2.61. The summed E-state index contributed by atoms with van der Waals surface area (Å²) in [5.41, 5.74) is 1.64. The van der Waals surface area contributed by atoms with Crippen LogP contribution in [-0.2, 0) is 0 Å². The van der Waals surface area contributed by atoms with Crippen LogP contribution in [0.4, 0.5) is 10.2 Å². The first-order chi connectivity index (χ1) is 7.91. The molecule has 5 nitrogen and oxygen atoms in total. The second-order valence-corrected chi connectivity index (χ2v) is 4.36. The molecule has 4 N–H and O–H groups in total. The second-order valence-electron chi connectivity index (χ2n) is 4.36. The molecular formula is C11H17FN4O. The number of carbonyl (C=O) groups excluding carboxylic acids is 1. The van der Waals surface area contributed by atoms with Crippen LogP contribution in [-0.4, -0.2) is 16.4 Å². The van der Waals surface area contributed by atoms with Gasteiger partial charge in [0.25, 0.3) is 5.91 Å². The monoisotopic (exact) mass is 240 g/mol. The molecule has 1 aromatic heterocycles. The van der Waals surface area contributed by atoms with Crippen LogP contribution in [0.2, 0.25) is 0 Å². The number of nitrogen functional groups attached to an aromatic ring is 1. The number of halogens is 1. The highest BCUT2D eigenvalue weighted by Gasteiger charge is 2.22. The van der Waals surface area contributed by atoms with Gasteiger partial charge in [0.05, 0.1) is 5.56 Å². The van der Waals surface area contributed by atoms with E-state index in [4.69, 9.17) is 5.84 Å². The third kappa shape index (κ3) is 3.13. The first kappa shape index (κ1) is 13.4. The largest absolute Gasteiger partial charge is 0.347 e. The number of nitrogens with two attached hydrogens (primary N) is 1. The molecule has 17 heavy (non-hydrogen) atoms. The average Bonchev–Trinajstić information content (AvgIpc) is 2.28. The highest BCUT2D eigenvalue weighted by atomic mass is 19.1. The molecule has 1 heterocycles. The van der Waals surface area contributed by atoms with Gasteiger partial charge in [-0.3, -0.25) is 4.79 Å². The molecule has 0 aliphatic heterocycles. The van der Waals surface area contributed by atoms with Crippen molar-refractivity contribution in [2.24, 2.45) is 5.84 Å². The summed E-state index contributed by atoms with van der Waals surface area (Å²) in [7, 11) is 0. The Morgan fingerprint density at radius 1 is 1.59 bits per heavy atom. The maximum Gasteiger partial charge on any atom is 0.254 e. The fourth-order valence-corrected chi connectivity index (χ4v) is 1.18. The minimum atomic E-state index is -0.751. The zero-order valence-electron chi connectivity index (χ0n) is 10.2. The number of nitrogens with zero attached hydrogens (tertiary/aromatic N) is 1. The number of carbonyl (C=O) groups is 1. The van der Waals surface area contributed by atoms with Gasteiger partial charge in [-0.05, 0) is 26.3 Å². The highest BCUT2D eigenvalue weighted by molar-refractivity contribution is 5.95. The lowest BCUT2D eigenvalue weighted by atomic mass is 10.0. The predicted octanol–water partition coefficient (Wildman–Crippen LogP) is 1.42. The van der Waals surface area contributed by atoms with Crippen molar-refractivity contribution in [1.82, 2.24) is 10.3 Å². The Kier molecular flexibility index (Phi) is 4.01. The number of rotatable bonds is 4. The minimum absolute atomic E-state index is 0.0746. The van der Waals surface area contributed by atoms with Crippen LogP contribution in [0.1, 0.15) is 37.6 Å². The van der Waals surface area contributed by atoms with Gasteiger partial charge >= 0.3 is 0 Å². The van der Waals surface area contributed by atoms with Gasteiger partial charge in [-0.15, -0.1) is 0 Å². The summed E-state index contributed by atoms with van der Waals surface area (Å²) < 4.78 is 13.7. The van der Waals surface area contributed by atoms with Crippen molar-refractivity contribution in [1.29, 1.82) is 0 Å². The van der Waals surface area contributed by atoms with Crippen LogP contribution in [0.3, 0.4) is 0 Å². The molecule has 0 radical (unpaired) electrons. The van der Waals surface area contributed by atoms with Gasteiger partial charge in [-0.1, -0.05) is 6.92 Å². The lowest BCUT2D eigenvalue weighted by Crippen LogP contribution is -2.43. The van der Waals surface area contributed by atoms with E-state index in [9.17, 15) is 9.18 Å². The fourth-order valence-electron chi connectivity index (χ4n) is 1.18. The Morgan fingerprint density at radius 3 is 2.76 bits per heavy atom. The van der Waals surface area contributed by atoms with Crippen molar-refractivity contribution < 1.29 is 9.18 Å². The van der Waals surface area contributed by atoms with E-state index in [2.05, 4.69) is 15.7 Å². The molecule has 1 aromatic rings. The molecule has 0 saturated heterocycles. The van der Waals surface area contributed by atoms with Crippen LogP contribution < -0.4 is 16.6 Å². The van der Waals surface area contributed by atoms with Crippen LogP contribution >= 0.6 is 0 Å². The summed E-state index contributed by atoms with van der Waals surface area (Å²) >= 11 is 0. The maximum absolute atomic E-state index is 13.7. The normalized spacial score (nSPS) is 11.1. The van der Waals surface area contributed by atoms with E-state index in [1.165, 1.54) is 12.3 Å². The zero-order chi connectivity index (χ0) is 13.1. The van der Waals surface area contributed by atoms with Gasteiger partial charge in [-0.25, -0.2) is 15.2 Å². The first-order valence-electron chi connectivity index (χ1n) is 5.35. The number of nitrogens with one attached hydrogen (secondary N) is 2. The number of hydrazine groups is 1. The fraction of sp³-hybridized carbons (Fsp3) is 0.455. The molecule has 94 valence electrons. The molecule has 0 atom stereocenters. The van der Waals surface area contributed by atoms with E-state index in [0.29, 0.717) is 0 Å². The minimum Gasteiger partial charge on any atom is -0.347 e. The van der Waals surface area contributed by atoms with Crippen molar-refractivity contribution in [2.75, 3.05) is 5.43 Å². The van der Waals surface area contributed by atoms with E-state index in [1.54, 1.807) is 0 Å². The van der Waals surface area contributed by atoms with Gasteiger partial charge in [0.15, 0.2) is 11.6 Å². The van der Waals surface area contributed by atoms with E-state index in [1.807, 2.05) is 20.8 Å². The average molecular weight is 240 g/mol. The lowest BCUT2D eigenvalue weighted by Gasteiger charge is -2.24. The molecule has 0 unspecified atom stereocenters. The summed E-state index contributed by atoms with van der Waals surface area (Å²) in [5, 5.41) is 2.74. The number of hydrogen-bond donors (Lipinski definition) is 3. The molecule has 0 aromatic carbocycles. The standard InChI is InChI=1S/C11H17FN4O/c1-4-11(2,3)15-10(17)7-5-6-14-9(16-13)8(7)12/h5-6H,4,13H2,1-3H3,(H,14,16)(H,15,17). The molecular weight excluding hydrogens is 223 g/mol. The lowest BCUT2D eigenvalue weighted by molar-refractivity contribution is 0.0907. The summed E-state index contributed by atoms with van der Waals surface area (Å²) in [4.78, 5) is 15.5. The van der Waals surface area contributed by atoms with Gasteiger partial charge in [-0.2, -0.15) is 0 Å².